The van der Waals surface area contributed by atoms with E-state index in [0.717, 1.165) is 32.1 Å². The standard InChI is InChI=1S/C48H93NO3/c1-3-5-7-9-11-13-15-16-17-18-19-20-21-22-23-24-25-26-27-28-29-30-31-32-34-36-38-40-42-44-48(52)49-46(45-50)47(51)43-41-39-37-35-33-14-12-10-8-6-4-2/h33,35,41,43,46-47,50-51H,3-32,34,36-40,42,44-45H2,1-2H3,(H,49,52)/b35-33+,43-41+. The van der Waals surface area contributed by atoms with Crippen LogP contribution in [0, 0.1) is 0 Å². The van der Waals surface area contributed by atoms with Gasteiger partial charge in [0.05, 0.1) is 18.8 Å². The maximum absolute atomic E-state index is 12.4. The molecule has 0 radical (unpaired) electrons. The molecule has 308 valence electrons. The summed E-state index contributed by atoms with van der Waals surface area (Å²) >= 11 is 0. The van der Waals surface area contributed by atoms with E-state index in [-0.39, 0.29) is 12.5 Å². The number of hydrogen-bond donors (Lipinski definition) is 3. The van der Waals surface area contributed by atoms with Gasteiger partial charge in [-0.25, -0.2) is 0 Å². The van der Waals surface area contributed by atoms with Crippen LogP contribution in [0.5, 0.6) is 0 Å². The van der Waals surface area contributed by atoms with Gasteiger partial charge in [-0.1, -0.05) is 244 Å². The number of rotatable bonds is 43. The van der Waals surface area contributed by atoms with Gasteiger partial charge < -0.3 is 15.5 Å². The van der Waals surface area contributed by atoms with Gasteiger partial charge in [-0.2, -0.15) is 0 Å². The first-order valence-electron chi connectivity index (χ1n) is 23.6. The highest BCUT2D eigenvalue weighted by Gasteiger charge is 2.17. The lowest BCUT2D eigenvalue weighted by Gasteiger charge is -2.19. The van der Waals surface area contributed by atoms with Crippen molar-refractivity contribution in [1.82, 2.24) is 5.32 Å². The Bertz CT molecular complexity index is 750. The van der Waals surface area contributed by atoms with E-state index in [0.29, 0.717) is 6.42 Å². The molecule has 0 aromatic heterocycles. The third-order valence-electron chi connectivity index (χ3n) is 10.9. The fraction of sp³-hybridized carbons (Fsp3) is 0.896. The molecule has 2 atom stereocenters. The lowest BCUT2D eigenvalue weighted by Crippen LogP contribution is -2.45. The average molecular weight is 732 g/mol. The Morgan fingerprint density at radius 1 is 0.442 bits per heavy atom. The molecule has 4 heteroatoms. The summed E-state index contributed by atoms with van der Waals surface area (Å²) in [5.74, 6) is -0.0709. The van der Waals surface area contributed by atoms with Crippen LogP contribution in [0.3, 0.4) is 0 Å². The Morgan fingerprint density at radius 3 is 1.12 bits per heavy atom. The van der Waals surface area contributed by atoms with Crippen LogP contribution in [0.4, 0.5) is 0 Å². The van der Waals surface area contributed by atoms with Crippen LogP contribution in [0.15, 0.2) is 24.3 Å². The summed E-state index contributed by atoms with van der Waals surface area (Å²) < 4.78 is 0. The minimum absolute atomic E-state index is 0.0709. The predicted molar refractivity (Wildman–Crippen MR) is 230 cm³/mol. The molecule has 0 heterocycles. The Hall–Kier alpha value is -1.13. The Morgan fingerprint density at radius 2 is 0.750 bits per heavy atom. The molecule has 2 unspecified atom stereocenters. The van der Waals surface area contributed by atoms with Gasteiger partial charge in [0.1, 0.15) is 0 Å². The van der Waals surface area contributed by atoms with Crippen LogP contribution in [-0.2, 0) is 4.79 Å². The van der Waals surface area contributed by atoms with Crippen molar-refractivity contribution in [3.63, 3.8) is 0 Å². The van der Waals surface area contributed by atoms with Crippen LogP contribution in [-0.4, -0.2) is 34.9 Å². The van der Waals surface area contributed by atoms with Gasteiger partial charge in [-0.3, -0.25) is 4.79 Å². The molecule has 3 N–H and O–H groups in total. The summed E-state index contributed by atoms with van der Waals surface area (Å²) in [7, 11) is 0. The predicted octanol–water partition coefficient (Wildman–Crippen LogP) is 14.8. The number of aliphatic hydroxyl groups excluding tert-OH is 2. The van der Waals surface area contributed by atoms with Crippen LogP contribution < -0.4 is 5.32 Å². The van der Waals surface area contributed by atoms with E-state index in [1.54, 1.807) is 6.08 Å². The molecule has 0 saturated carbocycles. The normalized spacial score (nSPS) is 13.1. The molecular weight excluding hydrogens is 639 g/mol. The van der Waals surface area contributed by atoms with Gasteiger partial charge in [0.15, 0.2) is 0 Å². The number of carbonyl (C=O) groups is 1. The highest BCUT2D eigenvalue weighted by molar-refractivity contribution is 5.76. The van der Waals surface area contributed by atoms with Crippen LogP contribution in [0.25, 0.3) is 0 Å². The molecule has 0 rings (SSSR count). The molecule has 4 nitrogen and oxygen atoms in total. The van der Waals surface area contributed by atoms with Gasteiger partial charge in [-0.05, 0) is 32.1 Å². The number of hydrogen-bond acceptors (Lipinski definition) is 3. The van der Waals surface area contributed by atoms with E-state index >= 15 is 0 Å². The third-order valence-corrected chi connectivity index (χ3v) is 10.9. The fourth-order valence-electron chi connectivity index (χ4n) is 7.31. The zero-order valence-electron chi connectivity index (χ0n) is 35.3. The number of nitrogens with one attached hydrogen (secondary N) is 1. The van der Waals surface area contributed by atoms with Crippen molar-refractivity contribution in [3.8, 4) is 0 Å². The lowest BCUT2D eigenvalue weighted by atomic mass is 10.0. The van der Waals surface area contributed by atoms with Crippen molar-refractivity contribution in [2.45, 2.75) is 270 Å². The lowest BCUT2D eigenvalue weighted by molar-refractivity contribution is -0.123. The monoisotopic (exact) mass is 732 g/mol. The van der Waals surface area contributed by atoms with Gasteiger partial charge >= 0.3 is 0 Å². The second kappa shape index (κ2) is 44.3. The first-order valence-corrected chi connectivity index (χ1v) is 23.6. The molecule has 0 bridgehead atoms. The molecule has 0 fully saturated rings. The molecule has 0 aliphatic heterocycles. The van der Waals surface area contributed by atoms with Gasteiger partial charge in [-0.15, -0.1) is 0 Å². The van der Waals surface area contributed by atoms with E-state index in [9.17, 15) is 15.0 Å². The summed E-state index contributed by atoms with van der Waals surface area (Å²) in [6, 6.07) is -0.633. The summed E-state index contributed by atoms with van der Waals surface area (Å²) in [4.78, 5) is 12.4. The number of amides is 1. The second-order valence-corrected chi connectivity index (χ2v) is 16.2. The smallest absolute Gasteiger partial charge is 0.220 e. The second-order valence-electron chi connectivity index (χ2n) is 16.2. The highest BCUT2D eigenvalue weighted by atomic mass is 16.3. The van der Waals surface area contributed by atoms with Gasteiger partial charge in [0.2, 0.25) is 5.91 Å². The quantitative estimate of drug-likeness (QED) is 0.0432. The SMILES string of the molecule is CCCCCCC/C=C/CC/C=C/C(O)C(CO)NC(=O)CCCCCCCCCCCCCCCCCCCCCCCCCCCCCCC. The van der Waals surface area contributed by atoms with Gasteiger partial charge in [0.25, 0.3) is 0 Å². The van der Waals surface area contributed by atoms with Crippen LogP contribution in [0.2, 0.25) is 0 Å². The Kier molecular flexibility index (Phi) is 43.3. The molecule has 0 aliphatic rings. The zero-order chi connectivity index (χ0) is 37.8. The minimum atomic E-state index is -0.856. The summed E-state index contributed by atoms with van der Waals surface area (Å²) in [6.45, 7) is 4.29. The fourth-order valence-corrected chi connectivity index (χ4v) is 7.31. The molecule has 0 aromatic rings. The molecule has 0 spiro atoms. The number of unbranched alkanes of at least 4 members (excludes halogenated alkanes) is 34. The van der Waals surface area contributed by atoms with Gasteiger partial charge in [0, 0.05) is 6.42 Å². The summed E-state index contributed by atoms with van der Waals surface area (Å²) in [6.07, 6.45) is 57.5. The number of aliphatic hydroxyl groups is 2. The minimum Gasteiger partial charge on any atom is -0.394 e. The maximum atomic E-state index is 12.4. The van der Waals surface area contributed by atoms with Crippen LogP contribution in [0.1, 0.15) is 258 Å². The molecule has 1 amide bonds. The van der Waals surface area contributed by atoms with E-state index < -0.39 is 12.1 Å². The van der Waals surface area contributed by atoms with Crippen molar-refractivity contribution in [1.29, 1.82) is 0 Å². The molecule has 0 saturated heterocycles. The van der Waals surface area contributed by atoms with E-state index in [4.69, 9.17) is 0 Å². The largest absolute Gasteiger partial charge is 0.394 e. The topological polar surface area (TPSA) is 69.6 Å². The number of carbonyl (C=O) groups excluding carboxylic acids is 1. The summed E-state index contributed by atoms with van der Waals surface area (Å²) in [5, 5.41) is 22.9. The van der Waals surface area contributed by atoms with Crippen molar-refractivity contribution in [2.75, 3.05) is 6.61 Å². The molecular formula is C48H93NO3. The zero-order valence-corrected chi connectivity index (χ0v) is 35.3. The third kappa shape index (κ3) is 40.1. The van der Waals surface area contributed by atoms with Crippen LogP contribution >= 0.6 is 0 Å². The molecule has 0 aromatic carbocycles. The molecule has 52 heavy (non-hydrogen) atoms. The van der Waals surface area contributed by atoms with Crippen molar-refractivity contribution in [2.24, 2.45) is 0 Å². The first kappa shape index (κ1) is 50.9. The van der Waals surface area contributed by atoms with E-state index in [1.165, 1.54) is 205 Å². The maximum Gasteiger partial charge on any atom is 0.220 e. The Balaban J connectivity index is 3.42. The number of allylic oxidation sites excluding steroid dienone is 3. The summed E-state index contributed by atoms with van der Waals surface area (Å²) in [5.41, 5.74) is 0. The first-order chi connectivity index (χ1) is 25.7. The van der Waals surface area contributed by atoms with Crippen molar-refractivity contribution >= 4 is 5.91 Å². The van der Waals surface area contributed by atoms with Crippen molar-refractivity contribution in [3.05, 3.63) is 24.3 Å². The average Bonchev–Trinajstić information content (AvgIpc) is 3.15. The van der Waals surface area contributed by atoms with E-state index in [2.05, 4.69) is 31.3 Å². The molecule has 0 aliphatic carbocycles. The van der Waals surface area contributed by atoms with E-state index in [1.807, 2.05) is 6.08 Å². The highest BCUT2D eigenvalue weighted by Crippen LogP contribution is 2.17. The van der Waals surface area contributed by atoms with Crippen molar-refractivity contribution < 1.29 is 15.0 Å². The Labute approximate surface area is 326 Å².